The molecule has 1 fully saturated rings. The van der Waals surface area contributed by atoms with Crippen molar-refractivity contribution in [2.45, 2.75) is 65.2 Å². The monoisotopic (exact) mass is 292 g/mol. The van der Waals surface area contributed by atoms with Crippen LogP contribution in [0.15, 0.2) is 18.2 Å². The van der Waals surface area contributed by atoms with Crippen molar-refractivity contribution < 1.29 is 4.39 Å². The summed E-state index contributed by atoms with van der Waals surface area (Å²) in [6, 6.07) is 6.68. The summed E-state index contributed by atoms with van der Waals surface area (Å²) < 4.78 is 14.0. The maximum atomic E-state index is 14.0. The molecular formula is C18H29FN2. The zero-order valence-electron chi connectivity index (χ0n) is 13.8. The standard InChI is InChI=1S/C18H29FN2/c1-13(2)9-14(3)21(4)12-16-10-15(5-8-18(16)19)11-20-17-6-7-17/h5,8,10,13-14,17,20H,6-7,9,11-12H2,1-4H3. The predicted octanol–water partition coefficient (Wildman–Crippen LogP) is 3.94. The van der Waals surface area contributed by atoms with E-state index in [1.807, 2.05) is 12.1 Å². The molecule has 2 nitrogen and oxygen atoms in total. The van der Waals surface area contributed by atoms with E-state index < -0.39 is 0 Å². The molecule has 1 atom stereocenters. The molecule has 3 heteroatoms. The van der Waals surface area contributed by atoms with E-state index in [2.05, 4.69) is 38.0 Å². The first-order valence-corrected chi connectivity index (χ1v) is 8.16. The lowest BCUT2D eigenvalue weighted by atomic mass is 10.0. The van der Waals surface area contributed by atoms with Gasteiger partial charge in [0, 0.05) is 30.7 Å². The maximum absolute atomic E-state index is 14.0. The van der Waals surface area contributed by atoms with Crippen LogP contribution in [0, 0.1) is 11.7 Å². The molecule has 1 saturated carbocycles. The first kappa shape index (κ1) is 16.4. The second-order valence-electron chi connectivity index (χ2n) is 6.97. The zero-order chi connectivity index (χ0) is 15.4. The summed E-state index contributed by atoms with van der Waals surface area (Å²) in [5.74, 6) is 0.579. The number of nitrogens with one attached hydrogen (secondary N) is 1. The summed E-state index contributed by atoms with van der Waals surface area (Å²) in [7, 11) is 2.08. The first-order chi connectivity index (χ1) is 9.95. The van der Waals surface area contributed by atoms with Gasteiger partial charge in [-0.1, -0.05) is 26.0 Å². The van der Waals surface area contributed by atoms with Crippen molar-refractivity contribution in [2.75, 3.05) is 7.05 Å². The lowest BCUT2D eigenvalue weighted by molar-refractivity contribution is 0.218. The lowest BCUT2D eigenvalue weighted by Crippen LogP contribution is -2.30. The van der Waals surface area contributed by atoms with E-state index in [0.29, 0.717) is 24.5 Å². The molecule has 0 aromatic heterocycles. The van der Waals surface area contributed by atoms with Crippen molar-refractivity contribution in [3.63, 3.8) is 0 Å². The van der Waals surface area contributed by atoms with E-state index in [-0.39, 0.29) is 5.82 Å². The number of rotatable bonds is 8. The highest BCUT2D eigenvalue weighted by molar-refractivity contribution is 5.25. The van der Waals surface area contributed by atoms with E-state index >= 15 is 0 Å². The SMILES string of the molecule is CC(C)CC(C)N(C)Cc1cc(CNC2CC2)ccc1F. The molecule has 1 aromatic carbocycles. The molecule has 21 heavy (non-hydrogen) atoms. The molecule has 0 spiro atoms. The van der Waals surface area contributed by atoms with Crippen LogP contribution in [-0.4, -0.2) is 24.0 Å². The lowest BCUT2D eigenvalue weighted by Gasteiger charge is -2.26. The van der Waals surface area contributed by atoms with Crippen LogP contribution < -0.4 is 5.32 Å². The summed E-state index contributed by atoms with van der Waals surface area (Å²) >= 11 is 0. The van der Waals surface area contributed by atoms with Gasteiger partial charge >= 0.3 is 0 Å². The average molecular weight is 292 g/mol. The Morgan fingerprint density at radius 3 is 2.62 bits per heavy atom. The van der Waals surface area contributed by atoms with Gasteiger partial charge in [-0.3, -0.25) is 4.90 Å². The number of hydrogen-bond donors (Lipinski definition) is 1. The van der Waals surface area contributed by atoms with Gasteiger partial charge in [0.05, 0.1) is 0 Å². The Hall–Kier alpha value is -0.930. The van der Waals surface area contributed by atoms with Crippen molar-refractivity contribution in [3.8, 4) is 0 Å². The van der Waals surface area contributed by atoms with Crippen LogP contribution >= 0.6 is 0 Å². The molecule has 1 aliphatic rings. The second-order valence-corrected chi connectivity index (χ2v) is 6.97. The summed E-state index contributed by atoms with van der Waals surface area (Å²) in [4.78, 5) is 2.25. The first-order valence-electron chi connectivity index (χ1n) is 8.16. The molecule has 0 aliphatic heterocycles. The molecule has 1 N–H and O–H groups in total. The molecule has 1 unspecified atom stereocenters. The van der Waals surface area contributed by atoms with Crippen molar-refractivity contribution in [1.29, 1.82) is 0 Å². The molecule has 0 radical (unpaired) electrons. The summed E-state index contributed by atoms with van der Waals surface area (Å²) in [5, 5.41) is 3.49. The molecule has 2 rings (SSSR count). The fraction of sp³-hybridized carbons (Fsp3) is 0.667. The van der Waals surface area contributed by atoms with Crippen molar-refractivity contribution in [1.82, 2.24) is 10.2 Å². The second kappa shape index (κ2) is 7.37. The summed E-state index contributed by atoms with van der Waals surface area (Å²) in [6.45, 7) is 8.21. The molecule has 0 amide bonds. The van der Waals surface area contributed by atoms with Crippen LogP contribution in [0.25, 0.3) is 0 Å². The van der Waals surface area contributed by atoms with E-state index in [4.69, 9.17) is 0 Å². The summed E-state index contributed by atoms with van der Waals surface area (Å²) in [6.07, 6.45) is 3.70. The van der Waals surface area contributed by atoms with Gasteiger partial charge in [0.15, 0.2) is 0 Å². The molecule has 0 saturated heterocycles. The molecule has 118 valence electrons. The Morgan fingerprint density at radius 1 is 1.29 bits per heavy atom. The van der Waals surface area contributed by atoms with Gasteiger partial charge in [-0.2, -0.15) is 0 Å². The van der Waals surface area contributed by atoms with E-state index in [9.17, 15) is 4.39 Å². The van der Waals surface area contributed by atoms with Crippen LogP contribution in [0.2, 0.25) is 0 Å². The fourth-order valence-corrected chi connectivity index (χ4v) is 2.70. The minimum atomic E-state index is -0.0891. The van der Waals surface area contributed by atoms with Crippen LogP contribution in [0.5, 0.6) is 0 Å². The molecule has 1 aromatic rings. The van der Waals surface area contributed by atoms with E-state index in [1.165, 1.54) is 18.4 Å². The largest absolute Gasteiger partial charge is 0.310 e. The van der Waals surface area contributed by atoms with Gasteiger partial charge in [-0.05, 0) is 50.8 Å². The Morgan fingerprint density at radius 2 is 2.00 bits per heavy atom. The third-order valence-corrected chi connectivity index (χ3v) is 4.27. The molecule has 0 bridgehead atoms. The van der Waals surface area contributed by atoms with E-state index in [0.717, 1.165) is 18.5 Å². The third-order valence-electron chi connectivity index (χ3n) is 4.27. The molecule has 0 heterocycles. The summed E-state index contributed by atoms with van der Waals surface area (Å²) in [5.41, 5.74) is 1.99. The van der Waals surface area contributed by atoms with Crippen molar-refractivity contribution in [2.24, 2.45) is 5.92 Å². The topological polar surface area (TPSA) is 15.3 Å². The van der Waals surface area contributed by atoms with Crippen LogP contribution in [0.1, 0.15) is 51.2 Å². The van der Waals surface area contributed by atoms with Crippen LogP contribution in [-0.2, 0) is 13.1 Å². The number of benzene rings is 1. The number of hydrogen-bond acceptors (Lipinski definition) is 2. The maximum Gasteiger partial charge on any atom is 0.127 e. The quantitative estimate of drug-likeness (QED) is 0.780. The van der Waals surface area contributed by atoms with Gasteiger partial charge in [-0.15, -0.1) is 0 Å². The van der Waals surface area contributed by atoms with Crippen molar-refractivity contribution >= 4 is 0 Å². The highest BCUT2D eigenvalue weighted by Gasteiger charge is 2.20. The smallest absolute Gasteiger partial charge is 0.127 e. The molecular weight excluding hydrogens is 263 g/mol. The Bertz CT molecular complexity index is 455. The number of halogens is 1. The highest BCUT2D eigenvalue weighted by Crippen LogP contribution is 2.20. The van der Waals surface area contributed by atoms with E-state index in [1.54, 1.807) is 6.07 Å². The van der Waals surface area contributed by atoms with Gasteiger partial charge < -0.3 is 5.32 Å². The Balaban J connectivity index is 1.95. The number of nitrogens with zero attached hydrogens (tertiary/aromatic N) is 1. The van der Waals surface area contributed by atoms with Crippen LogP contribution in [0.3, 0.4) is 0 Å². The van der Waals surface area contributed by atoms with Crippen molar-refractivity contribution in [3.05, 3.63) is 35.1 Å². The van der Waals surface area contributed by atoms with Gasteiger partial charge in [-0.25, -0.2) is 4.39 Å². The minimum absolute atomic E-state index is 0.0891. The van der Waals surface area contributed by atoms with Gasteiger partial charge in [0.25, 0.3) is 0 Å². The predicted molar refractivity (Wildman–Crippen MR) is 86.6 cm³/mol. The highest BCUT2D eigenvalue weighted by atomic mass is 19.1. The Kier molecular flexibility index (Phi) is 5.77. The zero-order valence-corrected chi connectivity index (χ0v) is 13.8. The average Bonchev–Trinajstić information content (AvgIpc) is 3.23. The van der Waals surface area contributed by atoms with Gasteiger partial charge in [0.1, 0.15) is 5.82 Å². The third kappa shape index (κ3) is 5.40. The van der Waals surface area contributed by atoms with Gasteiger partial charge in [0.2, 0.25) is 0 Å². The fourth-order valence-electron chi connectivity index (χ4n) is 2.70. The Labute approximate surface area is 128 Å². The normalized spacial score (nSPS) is 16.7. The van der Waals surface area contributed by atoms with Crippen LogP contribution in [0.4, 0.5) is 4.39 Å². The molecule has 1 aliphatic carbocycles. The minimum Gasteiger partial charge on any atom is -0.310 e.